The van der Waals surface area contributed by atoms with E-state index in [1.165, 1.54) is 38.3 Å². The second kappa shape index (κ2) is 8.90. The quantitative estimate of drug-likeness (QED) is 0.674. The Balaban J connectivity index is 2.11. The number of rotatable bonds is 8. The summed E-state index contributed by atoms with van der Waals surface area (Å²) < 4.78 is 32.0. The number of nitrogens with one attached hydrogen (secondary N) is 2. The Labute approximate surface area is 158 Å². The molecule has 2 rings (SSSR count). The smallest absolute Gasteiger partial charge is 0.255 e. The van der Waals surface area contributed by atoms with Crippen molar-refractivity contribution in [1.29, 1.82) is 0 Å². The van der Waals surface area contributed by atoms with Crippen LogP contribution in [0.3, 0.4) is 0 Å². The zero-order valence-electron chi connectivity index (χ0n) is 15.4. The predicted molar refractivity (Wildman–Crippen MR) is 103 cm³/mol. The summed E-state index contributed by atoms with van der Waals surface area (Å²) >= 11 is 0. The van der Waals surface area contributed by atoms with E-state index in [9.17, 15) is 18.0 Å². The van der Waals surface area contributed by atoms with E-state index in [4.69, 9.17) is 4.74 Å². The van der Waals surface area contributed by atoms with Crippen LogP contribution in [0.2, 0.25) is 0 Å². The molecule has 0 bridgehead atoms. The summed E-state index contributed by atoms with van der Waals surface area (Å²) in [5.74, 6) is -0.503. The Morgan fingerprint density at radius 1 is 1.07 bits per heavy atom. The van der Waals surface area contributed by atoms with E-state index in [1.54, 1.807) is 31.2 Å². The molecule has 0 aromatic heterocycles. The Morgan fingerprint density at radius 3 is 2.33 bits per heavy atom. The van der Waals surface area contributed by atoms with Gasteiger partial charge >= 0.3 is 0 Å². The molecule has 1 atom stereocenters. The van der Waals surface area contributed by atoms with Crippen molar-refractivity contribution >= 4 is 27.4 Å². The van der Waals surface area contributed by atoms with Crippen LogP contribution >= 0.6 is 0 Å². The van der Waals surface area contributed by atoms with Crippen molar-refractivity contribution in [2.45, 2.75) is 24.8 Å². The van der Waals surface area contributed by atoms with Crippen LogP contribution in [0.15, 0.2) is 53.4 Å². The first kappa shape index (κ1) is 20.8. The van der Waals surface area contributed by atoms with Gasteiger partial charge in [-0.15, -0.1) is 0 Å². The highest BCUT2D eigenvalue weighted by Crippen LogP contribution is 2.15. The lowest BCUT2D eigenvalue weighted by Gasteiger charge is -2.13. The van der Waals surface area contributed by atoms with Crippen LogP contribution in [0.5, 0.6) is 0 Å². The number of hydrogen-bond donors (Lipinski definition) is 2. The third kappa shape index (κ3) is 5.72. The summed E-state index contributed by atoms with van der Waals surface area (Å²) in [5, 5.41) is 2.69. The van der Waals surface area contributed by atoms with Crippen LogP contribution in [0, 0.1) is 0 Å². The molecule has 144 valence electrons. The minimum atomic E-state index is -3.70. The first-order valence-corrected chi connectivity index (χ1v) is 9.75. The molecule has 0 radical (unpaired) electrons. The maximum absolute atomic E-state index is 12.3. The maximum Gasteiger partial charge on any atom is 0.255 e. The molecule has 7 nitrogen and oxygen atoms in total. The lowest BCUT2D eigenvalue weighted by Crippen LogP contribution is -2.35. The number of carbonyl (C=O) groups excluding carboxylic acids is 2. The van der Waals surface area contributed by atoms with E-state index in [0.29, 0.717) is 16.8 Å². The van der Waals surface area contributed by atoms with E-state index < -0.39 is 15.9 Å². The summed E-state index contributed by atoms with van der Waals surface area (Å²) in [5.41, 5.74) is 1.28. The fourth-order valence-electron chi connectivity index (χ4n) is 2.42. The monoisotopic (exact) mass is 390 g/mol. The number of benzene rings is 2. The zero-order chi connectivity index (χ0) is 20.0. The Morgan fingerprint density at radius 2 is 1.74 bits per heavy atom. The molecule has 8 heteroatoms. The number of ketones is 1. The van der Waals surface area contributed by atoms with Crippen molar-refractivity contribution in [2.24, 2.45) is 0 Å². The highest BCUT2D eigenvalue weighted by molar-refractivity contribution is 7.89. The first-order valence-electron chi connectivity index (χ1n) is 8.26. The van der Waals surface area contributed by atoms with E-state index in [1.807, 2.05) is 0 Å². The molecule has 2 aromatic rings. The number of anilines is 1. The fraction of sp³-hybridized carbons (Fsp3) is 0.263. The second-order valence-electron chi connectivity index (χ2n) is 6.09. The van der Waals surface area contributed by atoms with Crippen molar-refractivity contribution in [1.82, 2.24) is 4.72 Å². The third-order valence-corrected chi connectivity index (χ3v) is 5.33. The van der Waals surface area contributed by atoms with Gasteiger partial charge in [-0.3, -0.25) is 9.59 Å². The van der Waals surface area contributed by atoms with E-state index in [0.717, 1.165) is 0 Å². The summed E-state index contributed by atoms with van der Waals surface area (Å²) in [4.78, 5) is 23.8. The molecule has 2 aromatic carbocycles. The molecule has 0 saturated heterocycles. The van der Waals surface area contributed by atoms with Crippen molar-refractivity contribution in [3.05, 3.63) is 59.7 Å². The molecule has 0 spiro atoms. The first-order chi connectivity index (χ1) is 12.7. The minimum absolute atomic E-state index is 0.0561. The molecule has 2 N–H and O–H groups in total. The SMILES string of the molecule is COC[C@H](C)NS(=O)(=O)c1ccc(C(=O)Nc2cccc(C(C)=O)c2)cc1. The van der Waals surface area contributed by atoms with Gasteiger partial charge in [-0.2, -0.15) is 0 Å². The summed E-state index contributed by atoms with van der Waals surface area (Å²) in [6, 6.07) is 11.8. The molecule has 0 fully saturated rings. The Hall–Kier alpha value is -2.55. The third-order valence-electron chi connectivity index (χ3n) is 3.73. The van der Waals surface area contributed by atoms with Crippen LogP contribution < -0.4 is 10.0 Å². The molecular formula is C19H22N2O5S. The number of carbonyl (C=O) groups is 2. The molecule has 0 aliphatic carbocycles. The Bertz CT molecular complexity index is 923. The average Bonchev–Trinajstić information content (AvgIpc) is 2.61. The van der Waals surface area contributed by atoms with E-state index >= 15 is 0 Å². The van der Waals surface area contributed by atoms with Crippen LogP contribution in [0.25, 0.3) is 0 Å². The van der Waals surface area contributed by atoms with Gasteiger partial charge in [0.05, 0.1) is 11.5 Å². The molecule has 1 amide bonds. The standard InChI is InChI=1S/C19H22N2O5S/c1-13(12-26-3)21-27(24,25)18-9-7-15(8-10-18)19(23)20-17-6-4-5-16(11-17)14(2)22/h4-11,13,21H,12H2,1-3H3,(H,20,23)/t13-/m0/s1. The topological polar surface area (TPSA) is 102 Å². The van der Waals surface area contributed by atoms with Crippen LogP contribution in [0.4, 0.5) is 5.69 Å². The van der Waals surface area contributed by atoms with Crippen LogP contribution in [0.1, 0.15) is 34.6 Å². The minimum Gasteiger partial charge on any atom is -0.383 e. The van der Waals surface area contributed by atoms with Gasteiger partial charge in [-0.05, 0) is 50.2 Å². The van der Waals surface area contributed by atoms with Gasteiger partial charge in [0.2, 0.25) is 10.0 Å². The zero-order valence-corrected chi connectivity index (χ0v) is 16.2. The summed E-state index contributed by atoms with van der Waals surface area (Å²) in [7, 11) is -2.21. The number of methoxy groups -OCH3 is 1. The summed E-state index contributed by atoms with van der Waals surface area (Å²) in [6.45, 7) is 3.39. The van der Waals surface area contributed by atoms with E-state index in [2.05, 4.69) is 10.0 Å². The Kier molecular flexibility index (Phi) is 6.84. The van der Waals surface area contributed by atoms with Gasteiger partial charge in [0.15, 0.2) is 5.78 Å². The fourth-order valence-corrected chi connectivity index (χ4v) is 3.65. The van der Waals surface area contributed by atoms with E-state index in [-0.39, 0.29) is 23.3 Å². The molecule has 0 aliphatic heterocycles. The highest BCUT2D eigenvalue weighted by atomic mass is 32.2. The molecule has 0 unspecified atom stereocenters. The number of ether oxygens (including phenoxy) is 1. The highest BCUT2D eigenvalue weighted by Gasteiger charge is 2.18. The normalized spacial score (nSPS) is 12.4. The van der Waals surface area contributed by atoms with Crippen LogP contribution in [-0.4, -0.2) is 39.9 Å². The van der Waals surface area contributed by atoms with Crippen molar-refractivity contribution in [3.8, 4) is 0 Å². The maximum atomic E-state index is 12.3. The van der Waals surface area contributed by atoms with Crippen LogP contribution in [-0.2, 0) is 14.8 Å². The van der Waals surface area contributed by atoms with Gasteiger partial charge in [0, 0.05) is 30.0 Å². The summed E-state index contributed by atoms with van der Waals surface area (Å²) in [6.07, 6.45) is 0. The number of Topliss-reactive ketones (excluding diaryl/α,β-unsaturated/α-hetero) is 1. The van der Waals surface area contributed by atoms with Gasteiger partial charge in [-0.25, -0.2) is 13.1 Å². The van der Waals surface area contributed by atoms with Gasteiger partial charge < -0.3 is 10.1 Å². The van der Waals surface area contributed by atoms with Gasteiger partial charge in [-0.1, -0.05) is 12.1 Å². The number of hydrogen-bond acceptors (Lipinski definition) is 5. The molecule has 0 saturated carbocycles. The van der Waals surface area contributed by atoms with Crippen molar-refractivity contribution in [3.63, 3.8) is 0 Å². The van der Waals surface area contributed by atoms with Crippen molar-refractivity contribution in [2.75, 3.05) is 19.0 Å². The largest absolute Gasteiger partial charge is 0.383 e. The lowest BCUT2D eigenvalue weighted by molar-refractivity contribution is 0.101. The second-order valence-corrected chi connectivity index (χ2v) is 7.81. The predicted octanol–water partition coefficient (Wildman–Crippen LogP) is 2.45. The lowest BCUT2D eigenvalue weighted by atomic mass is 10.1. The van der Waals surface area contributed by atoms with Gasteiger partial charge in [0.25, 0.3) is 5.91 Å². The molecule has 0 heterocycles. The number of sulfonamides is 1. The molecule has 0 aliphatic rings. The average molecular weight is 390 g/mol. The number of amides is 1. The molecular weight excluding hydrogens is 368 g/mol. The van der Waals surface area contributed by atoms with Gasteiger partial charge in [0.1, 0.15) is 0 Å². The van der Waals surface area contributed by atoms with Crippen molar-refractivity contribution < 1.29 is 22.7 Å². The molecule has 27 heavy (non-hydrogen) atoms.